The van der Waals surface area contributed by atoms with Crippen molar-refractivity contribution in [2.75, 3.05) is 13.1 Å². The molecule has 2 aromatic heterocycles. The lowest BCUT2D eigenvalue weighted by molar-refractivity contribution is -0.127. The molecule has 0 bridgehead atoms. The molecule has 1 atom stereocenters. The molecule has 3 rings (SSSR count). The number of rotatable bonds is 2. The van der Waals surface area contributed by atoms with Gasteiger partial charge in [-0.1, -0.05) is 18.5 Å². The van der Waals surface area contributed by atoms with Gasteiger partial charge < -0.3 is 4.90 Å². The van der Waals surface area contributed by atoms with Crippen LogP contribution in [0.15, 0.2) is 17.7 Å². The number of amides is 1. The van der Waals surface area contributed by atoms with Gasteiger partial charge >= 0.3 is 0 Å². The second-order valence-electron chi connectivity index (χ2n) is 5.21. The minimum absolute atomic E-state index is 0.0535. The monoisotopic (exact) mass is 309 g/mol. The standard InChI is InChI=1S/C14H16ClN3OS/c1-10-3-2-6-17(9-10)12(19)5-4-11-13(15)16-14-18(11)7-8-20-14/h4-5,7-8,10H,2-3,6,9H2,1H3/b5-4+/t10-/m1/s1. The Morgan fingerprint density at radius 3 is 3.25 bits per heavy atom. The first-order chi connectivity index (χ1) is 9.65. The minimum atomic E-state index is 0.0535. The van der Waals surface area contributed by atoms with Crippen LogP contribution in [0, 0.1) is 5.92 Å². The zero-order chi connectivity index (χ0) is 14.1. The maximum atomic E-state index is 12.2. The number of nitrogens with zero attached hydrogens (tertiary/aromatic N) is 3. The summed E-state index contributed by atoms with van der Waals surface area (Å²) in [6.07, 6.45) is 7.56. The predicted octanol–water partition coefficient (Wildman–Crippen LogP) is 3.32. The molecule has 0 aliphatic carbocycles. The third kappa shape index (κ3) is 2.60. The maximum Gasteiger partial charge on any atom is 0.246 e. The number of thiazole rings is 1. The van der Waals surface area contributed by atoms with Crippen molar-refractivity contribution in [3.63, 3.8) is 0 Å². The van der Waals surface area contributed by atoms with Crippen LogP contribution in [-0.2, 0) is 4.79 Å². The second kappa shape index (κ2) is 5.58. The molecule has 0 spiro atoms. The van der Waals surface area contributed by atoms with Crippen LogP contribution in [0.2, 0.25) is 5.15 Å². The minimum Gasteiger partial charge on any atom is -0.339 e. The average Bonchev–Trinajstić information content (AvgIpc) is 2.97. The molecule has 6 heteroatoms. The van der Waals surface area contributed by atoms with Gasteiger partial charge in [0, 0.05) is 30.7 Å². The van der Waals surface area contributed by atoms with Crippen molar-refractivity contribution in [1.82, 2.24) is 14.3 Å². The smallest absolute Gasteiger partial charge is 0.246 e. The molecule has 0 aromatic carbocycles. The third-order valence-corrected chi connectivity index (χ3v) is 4.64. The average molecular weight is 310 g/mol. The lowest BCUT2D eigenvalue weighted by Gasteiger charge is -2.30. The molecule has 1 fully saturated rings. The number of likely N-dealkylation sites (tertiary alicyclic amines) is 1. The number of hydrogen-bond acceptors (Lipinski definition) is 3. The molecule has 106 valence electrons. The van der Waals surface area contributed by atoms with Crippen LogP contribution in [0.4, 0.5) is 0 Å². The van der Waals surface area contributed by atoms with E-state index in [1.807, 2.05) is 20.9 Å². The Bertz CT molecular complexity index is 660. The number of fused-ring (bicyclic) bond motifs is 1. The van der Waals surface area contributed by atoms with E-state index in [9.17, 15) is 4.79 Å². The first-order valence-corrected chi connectivity index (χ1v) is 7.99. The van der Waals surface area contributed by atoms with E-state index >= 15 is 0 Å². The lowest BCUT2D eigenvalue weighted by atomic mass is 10.0. The molecule has 1 aliphatic rings. The number of halogens is 1. The van der Waals surface area contributed by atoms with Gasteiger partial charge in [-0.05, 0) is 24.8 Å². The topological polar surface area (TPSA) is 37.6 Å². The van der Waals surface area contributed by atoms with E-state index in [0.29, 0.717) is 11.1 Å². The Kier molecular flexibility index (Phi) is 3.81. The van der Waals surface area contributed by atoms with Gasteiger partial charge in [0.25, 0.3) is 0 Å². The lowest BCUT2D eigenvalue weighted by Crippen LogP contribution is -2.38. The van der Waals surface area contributed by atoms with Gasteiger partial charge in [-0.3, -0.25) is 9.20 Å². The highest BCUT2D eigenvalue weighted by Crippen LogP contribution is 2.22. The van der Waals surface area contributed by atoms with E-state index in [1.54, 1.807) is 12.2 Å². The van der Waals surface area contributed by atoms with Crippen LogP contribution < -0.4 is 0 Å². The summed E-state index contributed by atoms with van der Waals surface area (Å²) in [5, 5.41) is 2.39. The highest BCUT2D eigenvalue weighted by molar-refractivity contribution is 7.15. The van der Waals surface area contributed by atoms with Crippen molar-refractivity contribution >= 4 is 39.9 Å². The maximum absolute atomic E-state index is 12.2. The zero-order valence-corrected chi connectivity index (χ0v) is 12.8. The van der Waals surface area contributed by atoms with E-state index in [-0.39, 0.29) is 5.91 Å². The Balaban J connectivity index is 1.78. The fourth-order valence-corrected chi connectivity index (χ4v) is 3.58. The molecule has 0 unspecified atom stereocenters. The Hall–Kier alpha value is -1.33. The van der Waals surface area contributed by atoms with Crippen LogP contribution in [0.5, 0.6) is 0 Å². The molecule has 1 aliphatic heterocycles. The summed E-state index contributed by atoms with van der Waals surface area (Å²) in [5.41, 5.74) is 0.765. The number of piperidine rings is 1. The van der Waals surface area contributed by atoms with E-state index < -0.39 is 0 Å². The SMILES string of the molecule is C[C@@H]1CCCN(C(=O)/C=C/c2c(Cl)nc3sccn23)C1. The van der Waals surface area contributed by atoms with Gasteiger partial charge in [-0.25, -0.2) is 4.98 Å². The molecule has 0 saturated carbocycles. The van der Waals surface area contributed by atoms with Crippen LogP contribution in [0.1, 0.15) is 25.5 Å². The molecule has 1 amide bonds. The van der Waals surface area contributed by atoms with Gasteiger partial charge in [0.1, 0.15) is 0 Å². The van der Waals surface area contributed by atoms with E-state index in [4.69, 9.17) is 11.6 Å². The Morgan fingerprint density at radius 2 is 2.45 bits per heavy atom. The zero-order valence-electron chi connectivity index (χ0n) is 11.3. The van der Waals surface area contributed by atoms with Crippen molar-refractivity contribution in [2.45, 2.75) is 19.8 Å². The molecule has 1 saturated heterocycles. The molecular formula is C14H16ClN3OS. The summed E-state index contributed by atoms with van der Waals surface area (Å²) < 4.78 is 1.90. The van der Waals surface area contributed by atoms with E-state index in [0.717, 1.165) is 30.2 Å². The predicted molar refractivity (Wildman–Crippen MR) is 82.1 cm³/mol. The quantitative estimate of drug-likeness (QED) is 0.798. The van der Waals surface area contributed by atoms with Gasteiger partial charge in [-0.2, -0.15) is 0 Å². The normalized spacial score (nSPS) is 20.1. The highest BCUT2D eigenvalue weighted by Gasteiger charge is 2.19. The van der Waals surface area contributed by atoms with Crippen molar-refractivity contribution in [1.29, 1.82) is 0 Å². The Labute approximate surface area is 126 Å². The summed E-state index contributed by atoms with van der Waals surface area (Å²) in [5.74, 6) is 0.640. The van der Waals surface area contributed by atoms with Crippen LogP contribution in [0.25, 0.3) is 11.0 Å². The van der Waals surface area contributed by atoms with Gasteiger partial charge in [0.05, 0.1) is 5.69 Å². The summed E-state index contributed by atoms with van der Waals surface area (Å²) in [6, 6.07) is 0. The molecule has 4 nitrogen and oxygen atoms in total. The van der Waals surface area contributed by atoms with Gasteiger partial charge in [-0.15, -0.1) is 11.3 Å². The highest BCUT2D eigenvalue weighted by atomic mass is 35.5. The summed E-state index contributed by atoms with van der Waals surface area (Å²) in [7, 11) is 0. The van der Waals surface area contributed by atoms with Crippen molar-refractivity contribution < 1.29 is 4.79 Å². The third-order valence-electron chi connectivity index (χ3n) is 3.61. The number of aromatic nitrogens is 2. The molecule has 0 radical (unpaired) electrons. The molecular weight excluding hydrogens is 294 g/mol. The first-order valence-electron chi connectivity index (χ1n) is 6.73. The van der Waals surface area contributed by atoms with Crippen molar-refractivity contribution in [3.05, 3.63) is 28.5 Å². The van der Waals surface area contributed by atoms with Crippen molar-refractivity contribution in [2.24, 2.45) is 5.92 Å². The number of carbonyl (C=O) groups is 1. The molecule has 20 heavy (non-hydrogen) atoms. The molecule has 2 aromatic rings. The Morgan fingerprint density at radius 1 is 1.60 bits per heavy atom. The number of hydrogen-bond donors (Lipinski definition) is 0. The van der Waals surface area contributed by atoms with Crippen LogP contribution in [-0.4, -0.2) is 33.3 Å². The number of imidazole rings is 1. The summed E-state index contributed by atoms with van der Waals surface area (Å²) in [6.45, 7) is 3.88. The van der Waals surface area contributed by atoms with Crippen LogP contribution in [0.3, 0.4) is 0 Å². The van der Waals surface area contributed by atoms with Gasteiger partial charge in [0.2, 0.25) is 5.91 Å². The molecule has 3 heterocycles. The fourth-order valence-electron chi connectivity index (χ4n) is 2.57. The largest absolute Gasteiger partial charge is 0.339 e. The fraction of sp³-hybridized carbons (Fsp3) is 0.429. The van der Waals surface area contributed by atoms with Gasteiger partial charge in [0.15, 0.2) is 10.1 Å². The van der Waals surface area contributed by atoms with Crippen molar-refractivity contribution in [3.8, 4) is 0 Å². The summed E-state index contributed by atoms with van der Waals surface area (Å²) >= 11 is 7.62. The number of carbonyl (C=O) groups excluding carboxylic acids is 1. The molecule has 0 N–H and O–H groups in total. The summed E-state index contributed by atoms with van der Waals surface area (Å²) in [4.78, 5) is 19.2. The van der Waals surface area contributed by atoms with E-state index in [1.165, 1.54) is 17.8 Å². The second-order valence-corrected chi connectivity index (χ2v) is 6.44. The van der Waals surface area contributed by atoms with Crippen LogP contribution >= 0.6 is 22.9 Å². The van der Waals surface area contributed by atoms with E-state index in [2.05, 4.69) is 11.9 Å². The first kappa shape index (κ1) is 13.6.